The van der Waals surface area contributed by atoms with Crippen LogP contribution in [0.25, 0.3) is 0 Å². The zero-order valence-electron chi connectivity index (χ0n) is 11.3. The number of hydrogen-bond acceptors (Lipinski definition) is 5. The molecule has 1 aromatic rings. The number of halogens is 1. The number of anilines is 1. The summed E-state index contributed by atoms with van der Waals surface area (Å²) in [5, 5.41) is 2.62. The van der Waals surface area contributed by atoms with Gasteiger partial charge in [0.05, 0.1) is 21.5 Å². The molecule has 1 N–H and O–H groups in total. The van der Waals surface area contributed by atoms with Crippen LogP contribution in [0.4, 0.5) is 5.69 Å². The molecule has 6 nitrogen and oxygen atoms in total. The number of carbonyl (C=O) groups is 2. The quantitative estimate of drug-likeness (QED) is 0.828. The standard InChI is InChI=1S/C13H14ClNO5S/c1-21(18,19)9-4-5-10(14)11(6-9)15-12(16)7-20-13(17)8-2-3-8/h4-6,8H,2-3,7H2,1H3,(H,15,16). The van der Waals surface area contributed by atoms with Crippen molar-refractivity contribution < 1.29 is 22.7 Å². The summed E-state index contributed by atoms with van der Waals surface area (Å²) < 4.78 is 27.7. The summed E-state index contributed by atoms with van der Waals surface area (Å²) in [7, 11) is -3.40. The van der Waals surface area contributed by atoms with E-state index in [0.717, 1.165) is 19.1 Å². The number of nitrogens with one attached hydrogen (secondary N) is 1. The van der Waals surface area contributed by atoms with Crippen LogP contribution in [0.15, 0.2) is 23.1 Å². The Kier molecular flexibility index (Phi) is 4.53. The zero-order chi connectivity index (χ0) is 15.6. The van der Waals surface area contributed by atoms with Gasteiger partial charge in [0.25, 0.3) is 5.91 Å². The molecule has 1 aliphatic carbocycles. The number of ether oxygens (including phenoxy) is 1. The summed E-state index contributed by atoms with van der Waals surface area (Å²) in [5.41, 5.74) is 0.159. The molecule has 0 aliphatic heterocycles. The molecule has 0 radical (unpaired) electrons. The average molecular weight is 332 g/mol. The molecule has 0 aromatic heterocycles. The Bertz CT molecular complexity index is 682. The van der Waals surface area contributed by atoms with Gasteiger partial charge in [-0.15, -0.1) is 0 Å². The summed E-state index contributed by atoms with van der Waals surface area (Å²) in [6, 6.07) is 3.99. The van der Waals surface area contributed by atoms with Crippen molar-refractivity contribution in [2.24, 2.45) is 5.92 Å². The lowest BCUT2D eigenvalue weighted by Gasteiger charge is -2.09. The van der Waals surface area contributed by atoms with Crippen molar-refractivity contribution in [3.63, 3.8) is 0 Å². The van der Waals surface area contributed by atoms with Crippen LogP contribution in [-0.4, -0.2) is 33.2 Å². The van der Waals surface area contributed by atoms with E-state index in [1.54, 1.807) is 0 Å². The molecule has 0 heterocycles. The van der Waals surface area contributed by atoms with Gasteiger partial charge in [-0.3, -0.25) is 9.59 Å². The number of amides is 1. The second-order valence-corrected chi connectivity index (χ2v) is 7.27. The topological polar surface area (TPSA) is 89.5 Å². The van der Waals surface area contributed by atoms with Crippen molar-refractivity contribution in [1.82, 2.24) is 0 Å². The summed E-state index contributed by atoms with van der Waals surface area (Å²) in [4.78, 5) is 23.0. The molecule has 1 fully saturated rings. The van der Waals surface area contributed by atoms with Crippen LogP contribution in [0.5, 0.6) is 0 Å². The fourth-order valence-corrected chi connectivity index (χ4v) is 2.40. The molecule has 0 bridgehead atoms. The van der Waals surface area contributed by atoms with Gasteiger partial charge in [0.2, 0.25) is 0 Å². The number of rotatable bonds is 5. The van der Waals surface area contributed by atoms with E-state index in [1.807, 2.05) is 0 Å². The van der Waals surface area contributed by atoms with Gasteiger partial charge in [-0.25, -0.2) is 8.42 Å². The highest BCUT2D eigenvalue weighted by Crippen LogP contribution is 2.30. The summed E-state index contributed by atoms with van der Waals surface area (Å²) in [6.07, 6.45) is 2.64. The van der Waals surface area contributed by atoms with E-state index < -0.39 is 22.4 Å². The fraction of sp³-hybridized carbons (Fsp3) is 0.385. The van der Waals surface area contributed by atoms with Gasteiger partial charge in [0.1, 0.15) is 0 Å². The van der Waals surface area contributed by atoms with Crippen molar-refractivity contribution in [3.8, 4) is 0 Å². The minimum absolute atomic E-state index is 0.0391. The molecule has 1 amide bonds. The Morgan fingerprint density at radius 3 is 2.62 bits per heavy atom. The number of benzene rings is 1. The maximum atomic E-state index is 11.7. The van der Waals surface area contributed by atoms with E-state index in [9.17, 15) is 18.0 Å². The van der Waals surface area contributed by atoms with Gasteiger partial charge in [-0.1, -0.05) is 11.6 Å². The molecule has 0 unspecified atom stereocenters. The van der Waals surface area contributed by atoms with Crippen LogP contribution in [0, 0.1) is 5.92 Å². The summed E-state index contributed by atoms with van der Waals surface area (Å²) in [6.45, 7) is -0.422. The number of carbonyl (C=O) groups excluding carboxylic acids is 2. The third-order valence-electron chi connectivity index (χ3n) is 2.90. The van der Waals surface area contributed by atoms with E-state index in [0.29, 0.717) is 0 Å². The van der Waals surface area contributed by atoms with Crippen LogP contribution in [0.2, 0.25) is 5.02 Å². The predicted octanol–water partition coefficient (Wildman–Crippen LogP) is 1.64. The monoisotopic (exact) mass is 331 g/mol. The molecule has 8 heteroatoms. The molecule has 0 atom stereocenters. The lowest BCUT2D eigenvalue weighted by Crippen LogP contribution is -2.21. The molecule has 114 valence electrons. The van der Waals surface area contributed by atoms with Crippen LogP contribution < -0.4 is 5.32 Å². The predicted molar refractivity (Wildman–Crippen MR) is 76.9 cm³/mol. The number of sulfone groups is 1. The van der Waals surface area contributed by atoms with Gasteiger partial charge in [-0.2, -0.15) is 0 Å². The second kappa shape index (κ2) is 6.03. The Hall–Kier alpha value is -1.60. The second-order valence-electron chi connectivity index (χ2n) is 4.84. The maximum Gasteiger partial charge on any atom is 0.309 e. The molecule has 1 aliphatic rings. The van der Waals surface area contributed by atoms with Crippen molar-refractivity contribution in [2.75, 3.05) is 18.2 Å². The smallest absolute Gasteiger partial charge is 0.309 e. The third-order valence-corrected chi connectivity index (χ3v) is 4.34. The van der Waals surface area contributed by atoms with Crippen molar-refractivity contribution in [2.45, 2.75) is 17.7 Å². The Morgan fingerprint density at radius 2 is 2.05 bits per heavy atom. The minimum Gasteiger partial charge on any atom is -0.455 e. The zero-order valence-corrected chi connectivity index (χ0v) is 12.8. The van der Waals surface area contributed by atoms with Gasteiger partial charge >= 0.3 is 5.97 Å². The van der Waals surface area contributed by atoms with Gasteiger partial charge in [-0.05, 0) is 31.0 Å². The van der Waals surface area contributed by atoms with Crippen molar-refractivity contribution in [1.29, 1.82) is 0 Å². The first-order chi connectivity index (χ1) is 9.77. The largest absolute Gasteiger partial charge is 0.455 e. The lowest BCUT2D eigenvalue weighted by molar-refractivity contribution is -0.148. The van der Waals surface area contributed by atoms with E-state index in [4.69, 9.17) is 16.3 Å². The minimum atomic E-state index is -3.40. The number of hydrogen-bond donors (Lipinski definition) is 1. The van der Waals surface area contributed by atoms with Crippen LogP contribution in [0.1, 0.15) is 12.8 Å². The van der Waals surface area contributed by atoms with Gasteiger partial charge < -0.3 is 10.1 Å². The van der Waals surface area contributed by atoms with Crippen molar-refractivity contribution >= 4 is 39.0 Å². The molecular formula is C13H14ClNO5S. The van der Waals surface area contributed by atoms with E-state index in [1.165, 1.54) is 18.2 Å². The molecule has 21 heavy (non-hydrogen) atoms. The van der Waals surface area contributed by atoms with Gasteiger partial charge in [0, 0.05) is 6.26 Å². The Labute approximate surface area is 127 Å². The van der Waals surface area contributed by atoms with E-state index >= 15 is 0 Å². The van der Waals surface area contributed by atoms with Crippen LogP contribution in [0.3, 0.4) is 0 Å². The molecule has 0 spiro atoms. The van der Waals surface area contributed by atoms with Crippen molar-refractivity contribution in [3.05, 3.63) is 23.2 Å². The number of esters is 1. The molecule has 1 saturated carbocycles. The van der Waals surface area contributed by atoms with E-state index in [2.05, 4.69) is 5.32 Å². The Morgan fingerprint density at radius 1 is 1.38 bits per heavy atom. The fourth-order valence-electron chi connectivity index (χ4n) is 1.59. The summed E-state index contributed by atoms with van der Waals surface area (Å²) in [5.74, 6) is -1.05. The molecule has 0 saturated heterocycles. The Balaban J connectivity index is 2.00. The highest BCUT2D eigenvalue weighted by molar-refractivity contribution is 7.90. The van der Waals surface area contributed by atoms with E-state index in [-0.39, 0.29) is 27.5 Å². The highest BCUT2D eigenvalue weighted by atomic mass is 35.5. The molecule has 1 aromatic carbocycles. The highest BCUT2D eigenvalue weighted by Gasteiger charge is 2.31. The first-order valence-corrected chi connectivity index (χ1v) is 8.50. The third kappa shape index (κ3) is 4.44. The summed E-state index contributed by atoms with van der Waals surface area (Å²) >= 11 is 5.90. The maximum absolute atomic E-state index is 11.7. The first kappa shape index (κ1) is 15.8. The SMILES string of the molecule is CS(=O)(=O)c1ccc(Cl)c(NC(=O)COC(=O)C2CC2)c1. The van der Waals surface area contributed by atoms with Crippen LogP contribution >= 0.6 is 11.6 Å². The van der Waals surface area contributed by atoms with Gasteiger partial charge in [0.15, 0.2) is 16.4 Å². The average Bonchev–Trinajstić information content (AvgIpc) is 3.21. The normalized spacial score (nSPS) is 14.6. The van der Waals surface area contributed by atoms with Crippen LogP contribution in [-0.2, 0) is 24.2 Å². The lowest BCUT2D eigenvalue weighted by atomic mass is 10.3. The molecule has 2 rings (SSSR count). The first-order valence-electron chi connectivity index (χ1n) is 6.23. The molecular weight excluding hydrogens is 318 g/mol.